The average molecular weight is 665 g/mol. The highest BCUT2D eigenvalue weighted by Gasteiger charge is 2.36. The number of carbonyl (C=O) groups excluding carboxylic acids is 2. The Morgan fingerprint density at radius 2 is 1.65 bits per heavy atom. The van der Waals surface area contributed by atoms with E-state index < -0.39 is 0 Å². The quantitative estimate of drug-likeness (QED) is 0.259. The topological polar surface area (TPSA) is 158 Å². The van der Waals surface area contributed by atoms with Crippen molar-refractivity contribution in [2.75, 3.05) is 72.9 Å². The van der Waals surface area contributed by atoms with Crippen LogP contribution in [0.1, 0.15) is 25.7 Å². The number of amides is 2. The summed E-state index contributed by atoms with van der Waals surface area (Å²) in [5, 5.41) is 25.7. The Morgan fingerprint density at radius 1 is 0.857 bits per heavy atom. The largest absolute Gasteiger partial charge is 0.507 e. The molecule has 1 atom stereocenters. The van der Waals surface area contributed by atoms with E-state index in [9.17, 15) is 14.7 Å². The number of fused-ring (bicyclic) bond motifs is 1. The lowest BCUT2D eigenvalue weighted by Crippen LogP contribution is -2.55. The van der Waals surface area contributed by atoms with E-state index in [1.54, 1.807) is 28.9 Å². The van der Waals surface area contributed by atoms with E-state index in [1.807, 2.05) is 30.6 Å². The first-order valence-corrected chi connectivity index (χ1v) is 17.0. The maximum Gasteiger partial charge on any atom is 0.249 e. The summed E-state index contributed by atoms with van der Waals surface area (Å²) in [7, 11) is 0. The van der Waals surface area contributed by atoms with Gasteiger partial charge in [-0.2, -0.15) is 5.10 Å². The summed E-state index contributed by atoms with van der Waals surface area (Å²) in [5.41, 5.74) is 10.9. The van der Waals surface area contributed by atoms with Gasteiger partial charge in [0.25, 0.3) is 0 Å². The summed E-state index contributed by atoms with van der Waals surface area (Å²) in [6, 6.07) is 15.1. The maximum atomic E-state index is 12.7. The third kappa shape index (κ3) is 5.96. The van der Waals surface area contributed by atoms with Crippen molar-refractivity contribution in [1.29, 1.82) is 0 Å². The van der Waals surface area contributed by atoms with Crippen molar-refractivity contribution in [3.63, 3.8) is 0 Å². The summed E-state index contributed by atoms with van der Waals surface area (Å²) >= 11 is 0. The van der Waals surface area contributed by atoms with Gasteiger partial charge in [0, 0.05) is 57.3 Å². The van der Waals surface area contributed by atoms with Gasteiger partial charge in [0.05, 0.1) is 41.7 Å². The number of nitrogen functional groups attached to an aromatic ring is 1. The third-order valence-corrected chi connectivity index (χ3v) is 10.2. The van der Waals surface area contributed by atoms with Gasteiger partial charge >= 0.3 is 0 Å². The molecule has 2 aromatic heterocycles. The van der Waals surface area contributed by atoms with Crippen LogP contribution in [0.25, 0.3) is 16.9 Å². The molecule has 14 heteroatoms. The second-order valence-electron chi connectivity index (χ2n) is 13.0. The van der Waals surface area contributed by atoms with Crippen molar-refractivity contribution in [3.05, 3.63) is 60.9 Å². The monoisotopic (exact) mass is 664 g/mol. The Bertz CT molecular complexity index is 1860. The molecule has 3 fully saturated rings. The fourth-order valence-electron chi connectivity index (χ4n) is 7.63. The highest BCUT2D eigenvalue weighted by atomic mass is 16.5. The van der Waals surface area contributed by atoms with Crippen LogP contribution < -0.4 is 30.5 Å². The average Bonchev–Trinajstić information content (AvgIpc) is 3.62. The predicted octanol–water partition coefficient (Wildman–Crippen LogP) is 2.41. The van der Waals surface area contributed by atoms with E-state index >= 15 is 0 Å². The van der Waals surface area contributed by atoms with Crippen molar-refractivity contribution in [3.8, 4) is 28.4 Å². The fourth-order valence-corrected chi connectivity index (χ4v) is 7.63. The molecule has 4 N–H and O–H groups in total. The molecule has 3 saturated heterocycles. The van der Waals surface area contributed by atoms with E-state index in [0.717, 1.165) is 74.9 Å². The summed E-state index contributed by atoms with van der Waals surface area (Å²) in [6.45, 7) is 6.72. The zero-order valence-electron chi connectivity index (χ0n) is 27.2. The normalized spacial score (nSPS) is 20.6. The number of aromatic nitrogens is 4. The molecule has 4 aliphatic heterocycles. The van der Waals surface area contributed by atoms with Gasteiger partial charge in [-0.1, -0.05) is 18.2 Å². The number of piperidine rings is 2. The number of ether oxygens (including phenoxy) is 1. The van der Waals surface area contributed by atoms with Crippen LogP contribution in [0, 0.1) is 0 Å². The molecular weight excluding hydrogens is 624 g/mol. The minimum Gasteiger partial charge on any atom is -0.507 e. The summed E-state index contributed by atoms with van der Waals surface area (Å²) in [5.74, 6) is 0.802. The van der Waals surface area contributed by atoms with Crippen LogP contribution in [0.4, 0.5) is 22.9 Å². The molecule has 0 radical (unpaired) electrons. The number of hydrogen-bond donors (Lipinski definition) is 3. The number of rotatable bonds is 6. The summed E-state index contributed by atoms with van der Waals surface area (Å²) in [6.07, 6.45) is 6.84. The van der Waals surface area contributed by atoms with Gasteiger partial charge in [-0.05, 0) is 49.6 Å². The molecule has 6 heterocycles. The van der Waals surface area contributed by atoms with Crippen molar-refractivity contribution in [1.82, 2.24) is 30.2 Å². The molecule has 1 unspecified atom stereocenters. The Balaban J connectivity index is 0.884. The molecule has 8 rings (SSSR count). The lowest BCUT2D eigenvalue weighted by molar-refractivity contribution is -0.134. The van der Waals surface area contributed by atoms with Crippen LogP contribution in [0.5, 0.6) is 11.5 Å². The Hall–Kier alpha value is -5.37. The molecule has 254 valence electrons. The lowest BCUT2D eigenvalue weighted by Gasteiger charge is -2.44. The van der Waals surface area contributed by atoms with Crippen LogP contribution in [0.15, 0.2) is 60.9 Å². The minimum atomic E-state index is -0.360. The third-order valence-electron chi connectivity index (χ3n) is 10.2. The molecule has 0 spiro atoms. The standard InChI is InChI=1S/C35H40N10O4/c36-34-30(20-26(39-40-34)25-4-1-2-7-31(25)46)45-22-24(21-37-45)41-12-10-23(11-13-41)42-14-16-43(17-15-42)27-5-3-6-28-33(27)49-19-18-44(28)29-8-9-32(47)38-35(29)48/h1-7,20-23,29,46H,8-19H2,(H2,36,40)(H,38,47,48). The first-order valence-electron chi connectivity index (χ1n) is 17.0. The van der Waals surface area contributed by atoms with Gasteiger partial charge in [0.2, 0.25) is 11.8 Å². The fraction of sp³-hybridized carbons (Fsp3) is 0.400. The van der Waals surface area contributed by atoms with Crippen molar-refractivity contribution < 1.29 is 19.4 Å². The lowest BCUT2D eigenvalue weighted by atomic mass is 10.0. The van der Waals surface area contributed by atoms with E-state index in [0.29, 0.717) is 49.0 Å². The molecule has 14 nitrogen and oxygen atoms in total. The van der Waals surface area contributed by atoms with E-state index in [1.165, 1.54) is 0 Å². The van der Waals surface area contributed by atoms with Gasteiger partial charge in [0.1, 0.15) is 24.1 Å². The number of nitrogens with one attached hydrogen (secondary N) is 1. The molecule has 2 aromatic carbocycles. The zero-order valence-corrected chi connectivity index (χ0v) is 27.2. The first kappa shape index (κ1) is 30.9. The number of carbonyl (C=O) groups is 2. The number of para-hydroxylation sites is 2. The number of nitrogens with zero attached hydrogens (tertiary/aromatic N) is 8. The van der Waals surface area contributed by atoms with Crippen LogP contribution in [-0.2, 0) is 9.59 Å². The van der Waals surface area contributed by atoms with Crippen molar-refractivity contribution in [2.45, 2.75) is 37.8 Å². The molecule has 0 aliphatic carbocycles. The Morgan fingerprint density at radius 3 is 2.45 bits per heavy atom. The molecule has 4 aliphatic rings. The zero-order chi connectivity index (χ0) is 33.5. The molecule has 4 aromatic rings. The number of phenolic OH excluding ortho intramolecular Hbond substituents is 1. The number of phenols is 1. The maximum absolute atomic E-state index is 12.7. The van der Waals surface area contributed by atoms with Gasteiger partial charge < -0.3 is 30.3 Å². The van der Waals surface area contributed by atoms with Crippen molar-refractivity contribution >= 4 is 34.7 Å². The molecule has 0 bridgehead atoms. The Labute approximate surface area is 284 Å². The first-order chi connectivity index (χ1) is 23.9. The summed E-state index contributed by atoms with van der Waals surface area (Å²) in [4.78, 5) is 33.9. The van der Waals surface area contributed by atoms with E-state index in [2.05, 4.69) is 46.3 Å². The highest BCUT2D eigenvalue weighted by Crippen LogP contribution is 2.42. The smallest absolute Gasteiger partial charge is 0.249 e. The second-order valence-corrected chi connectivity index (χ2v) is 13.0. The molecule has 0 saturated carbocycles. The van der Waals surface area contributed by atoms with Crippen molar-refractivity contribution in [2.24, 2.45) is 0 Å². The number of nitrogens with two attached hydrogens (primary N) is 1. The van der Waals surface area contributed by atoms with Crippen LogP contribution >= 0.6 is 0 Å². The van der Waals surface area contributed by atoms with Gasteiger partial charge in [0.15, 0.2) is 11.6 Å². The summed E-state index contributed by atoms with van der Waals surface area (Å²) < 4.78 is 7.94. The minimum absolute atomic E-state index is 0.129. The molecule has 49 heavy (non-hydrogen) atoms. The second kappa shape index (κ2) is 12.9. The molecular formula is C35H40N10O4. The number of benzene rings is 2. The van der Waals surface area contributed by atoms with Crippen LogP contribution in [-0.4, -0.2) is 106 Å². The van der Waals surface area contributed by atoms with Gasteiger partial charge in [-0.15, -0.1) is 10.2 Å². The van der Waals surface area contributed by atoms with Gasteiger partial charge in [-0.25, -0.2) is 4.68 Å². The Kier molecular flexibility index (Phi) is 8.15. The van der Waals surface area contributed by atoms with E-state index in [4.69, 9.17) is 10.5 Å². The SMILES string of the molecule is Nc1nnc(-c2ccccc2O)cc1-n1cc(N2CCC(N3CCN(c4cccc5c4OCCN5C4CCC(=O)NC4=O)CC3)CC2)cn1. The molecule has 2 amide bonds. The number of piperazine rings is 1. The van der Waals surface area contributed by atoms with Crippen LogP contribution in [0.3, 0.4) is 0 Å². The highest BCUT2D eigenvalue weighted by molar-refractivity contribution is 6.02. The number of imide groups is 1. The number of anilines is 4. The predicted molar refractivity (Wildman–Crippen MR) is 185 cm³/mol. The van der Waals surface area contributed by atoms with Crippen LogP contribution in [0.2, 0.25) is 0 Å². The van der Waals surface area contributed by atoms with Gasteiger partial charge in [-0.3, -0.25) is 19.8 Å². The number of aromatic hydroxyl groups is 1. The van der Waals surface area contributed by atoms with E-state index in [-0.39, 0.29) is 29.4 Å². The number of hydrogen-bond acceptors (Lipinski definition) is 12.